The Labute approximate surface area is 113 Å². The number of carboxylic acids is 1. The molecule has 0 aliphatic carbocycles. The van der Waals surface area contributed by atoms with Gasteiger partial charge in [0, 0.05) is 11.1 Å². The maximum absolute atomic E-state index is 11.9. The van der Waals surface area contributed by atoms with Crippen LogP contribution in [0.15, 0.2) is 18.2 Å². The third-order valence-corrected chi connectivity index (χ3v) is 2.60. The quantitative estimate of drug-likeness (QED) is 0.648. The van der Waals surface area contributed by atoms with Crippen molar-refractivity contribution in [2.75, 3.05) is 0 Å². The van der Waals surface area contributed by atoms with Crippen molar-refractivity contribution in [1.29, 1.82) is 0 Å². The molecule has 0 atom stereocenters. The zero-order chi connectivity index (χ0) is 14.8. The minimum Gasteiger partial charge on any atom is -0.480 e. The molecule has 1 aromatic carbocycles. The van der Waals surface area contributed by atoms with Crippen LogP contribution < -0.4 is 5.32 Å². The highest BCUT2D eigenvalue weighted by Gasteiger charge is 2.31. The van der Waals surface area contributed by atoms with Gasteiger partial charge in [-0.15, -0.1) is 0 Å². The van der Waals surface area contributed by atoms with E-state index in [1.165, 1.54) is 26.0 Å². The second-order valence-electron chi connectivity index (χ2n) is 4.30. The summed E-state index contributed by atoms with van der Waals surface area (Å²) in [6, 6.07) is 3.52. The minimum atomic E-state index is -1.54. The lowest BCUT2D eigenvalue weighted by atomic mass is 10.0. The van der Waals surface area contributed by atoms with Gasteiger partial charge in [-0.05, 0) is 26.0 Å². The zero-order valence-electron chi connectivity index (χ0n) is 10.1. The number of rotatable bonds is 4. The summed E-state index contributed by atoms with van der Waals surface area (Å²) in [5.74, 6) is -2.10. The zero-order valence-corrected chi connectivity index (χ0v) is 10.9. The number of nitrogens with zero attached hydrogens (tertiary/aromatic N) is 1. The first-order chi connectivity index (χ1) is 8.65. The standard InChI is InChI=1S/C11H11ClN2O5/c1-11(2,10(16)17)13-9(15)7-4-3-6(12)5-8(7)14(18)19/h3-5H,1-2H3,(H,13,15)(H,16,17). The van der Waals surface area contributed by atoms with Gasteiger partial charge in [-0.1, -0.05) is 11.6 Å². The molecule has 0 aliphatic rings. The van der Waals surface area contributed by atoms with Crippen molar-refractivity contribution in [3.63, 3.8) is 0 Å². The molecule has 2 N–H and O–H groups in total. The number of halogens is 1. The van der Waals surface area contributed by atoms with Crippen LogP contribution in [0.5, 0.6) is 0 Å². The van der Waals surface area contributed by atoms with Crippen LogP contribution in [0.3, 0.4) is 0 Å². The van der Waals surface area contributed by atoms with E-state index in [1.54, 1.807) is 0 Å². The van der Waals surface area contributed by atoms with E-state index in [4.69, 9.17) is 16.7 Å². The summed E-state index contributed by atoms with van der Waals surface area (Å²) >= 11 is 5.62. The number of carboxylic acid groups (broad SMARTS) is 1. The SMILES string of the molecule is CC(C)(NC(=O)c1ccc(Cl)cc1[N+](=O)[O-])C(=O)O. The van der Waals surface area contributed by atoms with Gasteiger partial charge in [0.05, 0.1) is 4.92 Å². The van der Waals surface area contributed by atoms with Crippen LogP contribution in [0.25, 0.3) is 0 Å². The largest absolute Gasteiger partial charge is 0.480 e. The number of aliphatic carboxylic acids is 1. The first kappa shape index (κ1) is 14.9. The van der Waals surface area contributed by atoms with E-state index in [2.05, 4.69) is 5.32 Å². The molecule has 0 saturated carbocycles. The number of nitrogens with one attached hydrogen (secondary N) is 1. The van der Waals surface area contributed by atoms with E-state index in [-0.39, 0.29) is 10.6 Å². The van der Waals surface area contributed by atoms with Gasteiger partial charge in [-0.25, -0.2) is 4.79 Å². The maximum Gasteiger partial charge on any atom is 0.328 e. The molecular weight excluding hydrogens is 276 g/mol. The molecule has 0 bridgehead atoms. The monoisotopic (exact) mass is 286 g/mol. The van der Waals surface area contributed by atoms with Crippen molar-refractivity contribution in [3.05, 3.63) is 38.9 Å². The molecule has 0 saturated heterocycles. The Morgan fingerprint density at radius 1 is 1.42 bits per heavy atom. The van der Waals surface area contributed by atoms with Crippen LogP contribution in [0, 0.1) is 10.1 Å². The Morgan fingerprint density at radius 3 is 2.47 bits per heavy atom. The fourth-order valence-electron chi connectivity index (χ4n) is 1.25. The van der Waals surface area contributed by atoms with E-state index in [0.29, 0.717) is 0 Å². The Balaban J connectivity index is 3.14. The summed E-state index contributed by atoms with van der Waals surface area (Å²) in [5.41, 5.74) is -2.26. The number of carbonyl (C=O) groups excluding carboxylic acids is 1. The van der Waals surface area contributed by atoms with Gasteiger partial charge in [-0.2, -0.15) is 0 Å². The predicted molar refractivity (Wildman–Crippen MR) is 67.3 cm³/mol. The Hall–Kier alpha value is -2.15. The highest BCUT2D eigenvalue weighted by Crippen LogP contribution is 2.23. The summed E-state index contributed by atoms with van der Waals surface area (Å²) < 4.78 is 0. The predicted octanol–water partition coefficient (Wildman–Crippen LogP) is 1.84. The summed E-state index contributed by atoms with van der Waals surface area (Å²) in [6.07, 6.45) is 0. The molecule has 1 rings (SSSR count). The number of carbonyl (C=O) groups is 2. The molecule has 102 valence electrons. The lowest BCUT2D eigenvalue weighted by Gasteiger charge is -2.20. The molecule has 19 heavy (non-hydrogen) atoms. The smallest absolute Gasteiger partial charge is 0.328 e. The van der Waals surface area contributed by atoms with Gasteiger partial charge >= 0.3 is 5.97 Å². The first-order valence-corrected chi connectivity index (χ1v) is 5.53. The van der Waals surface area contributed by atoms with Gasteiger partial charge in [0.2, 0.25) is 0 Å². The Morgan fingerprint density at radius 2 is 2.00 bits per heavy atom. The third-order valence-electron chi connectivity index (χ3n) is 2.36. The van der Waals surface area contributed by atoms with Crippen molar-refractivity contribution in [1.82, 2.24) is 5.32 Å². The number of amides is 1. The molecule has 0 spiro atoms. The van der Waals surface area contributed by atoms with Crippen LogP contribution >= 0.6 is 11.6 Å². The average molecular weight is 287 g/mol. The second-order valence-corrected chi connectivity index (χ2v) is 4.74. The number of benzene rings is 1. The van der Waals surface area contributed by atoms with E-state index in [1.807, 2.05) is 0 Å². The second kappa shape index (κ2) is 5.23. The number of nitro groups is 1. The molecule has 0 aliphatic heterocycles. The van der Waals surface area contributed by atoms with Gasteiger partial charge < -0.3 is 10.4 Å². The molecular formula is C11H11ClN2O5. The van der Waals surface area contributed by atoms with E-state index in [0.717, 1.165) is 6.07 Å². The van der Waals surface area contributed by atoms with E-state index < -0.39 is 28.0 Å². The lowest BCUT2D eigenvalue weighted by Crippen LogP contribution is -2.49. The fraction of sp³-hybridized carbons (Fsp3) is 0.273. The van der Waals surface area contributed by atoms with E-state index in [9.17, 15) is 19.7 Å². The minimum absolute atomic E-state index is 0.112. The van der Waals surface area contributed by atoms with Crippen LogP contribution in [-0.4, -0.2) is 27.4 Å². The summed E-state index contributed by atoms with van der Waals surface area (Å²) in [4.78, 5) is 32.8. The first-order valence-electron chi connectivity index (χ1n) is 5.15. The molecule has 0 aromatic heterocycles. The number of hydrogen-bond donors (Lipinski definition) is 2. The van der Waals surface area contributed by atoms with Gasteiger partial charge in [-0.3, -0.25) is 14.9 Å². The molecule has 1 amide bonds. The van der Waals surface area contributed by atoms with Crippen LogP contribution in [0.2, 0.25) is 5.02 Å². The van der Waals surface area contributed by atoms with Gasteiger partial charge in [0.15, 0.2) is 0 Å². The molecule has 0 fully saturated rings. The molecule has 0 unspecified atom stereocenters. The summed E-state index contributed by atoms with van der Waals surface area (Å²) in [6.45, 7) is 2.55. The van der Waals surface area contributed by atoms with Gasteiger partial charge in [0.25, 0.3) is 11.6 Å². The highest BCUT2D eigenvalue weighted by atomic mass is 35.5. The van der Waals surface area contributed by atoms with Crippen molar-refractivity contribution in [3.8, 4) is 0 Å². The van der Waals surface area contributed by atoms with Crippen LogP contribution in [0.1, 0.15) is 24.2 Å². The molecule has 0 radical (unpaired) electrons. The third kappa shape index (κ3) is 3.41. The normalized spacial score (nSPS) is 10.9. The van der Waals surface area contributed by atoms with Crippen molar-refractivity contribution in [2.45, 2.75) is 19.4 Å². The fourth-order valence-corrected chi connectivity index (χ4v) is 1.42. The molecule has 8 heteroatoms. The van der Waals surface area contributed by atoms with Crippen LogP contribution in [0.4, 0.5) is 5.69 Å². The maximum atomic E-state index is 11.9. The lowest BCUT2D eigenvalue weighted by molar-refractivity contribution is -0.385. The highest BCUT2D eigenvalue weighted by molar-refractivity contribution is 6.31. The molecule has 0 heterocycles. The van der Waals surface area contributed by atoms with Crippen molar-refractivity contribution in [2.24, 2.45) is 0 Å². The Kier molecular flexibility index (Phi) is 4.10. The van der Waals surface area contributed by atoms with Crippen LogP contribution in [-0.2, 0) is 4.79 Å². The van der Waals surface area contributed by atoms with E-state index >= 15 is 0 Å². The topological polar surface area (TPSA) is 110 Å². The van der Waals surface area contributed by atoms with Crippen molar-refractivity contribution >= 4 is 29.2 Å². The van der Waals surface area contributed by atoms with Crippen molar-refractivity contribution < 1.29 is 19.6 Å². The van der Waals surface area contributed by atoms with Gasteiger partial charge in [0.1, 0.15) is 11.1 Å². The average Bonchev–Trinajstić information content (AvgIpc) is 2.27. The molecule has 1 aromatic rings. The Bertz CT molecular complexity index is 556. The number of nitro benzene ring substituents is 1. The summed E-state index contributed by atoms with van der Waals surface area (Å²) in [7, 11) is 0. The summed E-state index contributed by atoms with van der Waals surface area (Å²) in [5, 5.41) is 22.0. The molecule has 7 nitrogen and oxygen atoms in total. The number of hydrogen-bond acceptors (Lipinski definition) is 4.